The molecule has 0 radical (unpaired) electrons. The van der Waals surface area contributed by atoms with E-state index < -0.39 is 33.8 Å². The fourth-order valence-electron chi connectivity index (χ4n) is 7.54. The van der Waals surface area contributed by atoms with E-state index in [0.29, 0.717) is 66.5 Å². The van der Waals surface area contributed by atoms with Crippen molar-refractivity contribution in [2.75, 3.05) is 0 Å². The second-order valence-corrected chi connectivity index (χ2v) is 16.8. The topological polar surface area (TPSA) is 163 Å². The number of halogens is 7. The van der Waals surface area contributed by atoms with Gasteiger partial charge in [0.15, 0.2) is 33.1 Å². The molecule has 0 aliphatic heterocycles. The van der Waals surface area contributed by atoms with Crippen molar-refractivity contribution < 1.29 is 55.1 Å². The van der Waals surface area contributed by atoms with Crippen molar-refractivity contribution in [1.82, 2.24) is 19.9 Å². The molecule has 2 aliphatic carbocycles. The first-order valence-electron chi connectivity index (χ1n) is 19.6. The van der Waals surface area contributed by atoms with Crippen molar-refractivity contribution in [1.29, 1.82) is 0 Å². The normalized spacial score (nSPS) is 12.7. The molecule has 19 heteroatoms. The zero-order valence-electron chi connectivity index (χ0n) is 34.3. The van der Waals surface area contributed by atoms with Gasteiger partial charge in [-0.2, -0.15) is 26.3 Å². The lowest BCUT2D eigenvalue weighted by atomic mass is 9.83. The maximum absolute atomic E-state index is 13.1. The number of ketones is 4. The van der Waals surface area contributed by atoms with Gasteiger partial charge in [0.25, 0.3) is 5.24 Å². The maximum Gasteiger partial charge on any atom is 0.416 e. The Morgan fingerprint density at radius 3 is 1.54 bits per heavy atom. The van der Waals surface area contributed by atoms with Gasteiger partial charge in [-0.05, 0) is 109 Å². The second-order valence-electron chi connectivity index (χ2n) is 15.0. The molecule has 0 fully saturated rings. The lowest BCUT2D eigenvalue weighted by molar-refractivity contribution is -0.138. The molecule has 10 nitrogen and oxygen atoms in total. The van der Waals surface area contributed by atoms with Crippen LogP contribution in [0.3, 0.4) is 0 Å². The van der Waals surface area contributed by atoms with Gasteiger partial charge in [0.05, 0.1) is 38.8 Å². The first-order valence-corrected chi connectivity index (χ1v) is 21.2. The van der Waals surface area contributed by atoms with E-state index in [1.807, 2.05) is 0 Å². The van der Waals surface area contributed by atoms with Gasteiger partial charge in [-0.25, -0.2) is 4.98 Å². The number of nitrogens with zero attached hydrogens (tertiary/aromatic N) is 1. The van der Waals surface area contributed by atoms with Crippen molar-refractivity contribution in [2.24, 2.45) is 0 Å². The number of aryl methyl sites for hydroxylation is 2. The quantitative estimate of drug-likeness (QED) is 0.0677. The Morgan fingerprint density at radius 1 is 0.574 bits per heavy atom. The minimum Gasteiger partial charge on any atom is -0.333 e. The molecule has 0 atom stereocenters. The average molecular weight is 985 g/mol. The number of alkyl halides is 6. The molecule has 6 aromatic carbocycles. The van der Waals surface area contributed by atoms with Crippen LogP contribution in [0.5, 0.6) is 0 Å². The minimum absolute atomic E-state index is 0. The Morgan fingerprint density at radius 2 is 1.03 bits per heavy atom. The predicted molar refractivity (Wildman–Crippen MR) is 246 cm³/mol. The number of H-pyrrole nitrogens is 3. The molecule has 2 aromatic heterocycles. The van der Waals surface area contributed by atoms with Gasteiger partial charge in [0.1, 0.15) is 5.52 Å². The third kappa shape index (κ3) is 9.09. The van der Waals surface area contributed by atoms with Gasteiger partial charge in [-0.15, -0.1) is 0 Å². The predicted octanol–water partition coefficient (Wildman–Crippen LogP) is 12.6. The fourth-order valence-corrected chi connectivity index (χ4v) is 8.76. The highest BCUT2D eigenvalue weighted by atomic mass is 35.5. The molecular formula is C49H31ClF6N4O6S2. The van der Waals surface area contributed by atoms with Crippen molar-refractivity contribution >= 4 is 91.1 Å². The van der Waals surface area contributed by atoms with Crippen molar-refractivity contribution in [3.63, 3.8) is 0 Å². The zero-order chi connectivity index (χ0) is 48.3. The first-order chi connectivity index (χ1) is 31.6. The van der Waals surface area contributed by atoms with E-state index in [0.717, 1.165) is 29.8 Å². The SMILES string of the molecule is C.Cc1ccc(C(F)(F)F)cc1C(=O)Cl.Cc1ccc(C(F)(F)F)cc1C(=O)Sc1nc2c3c(ccc2[nH]1)C(=O)c1ccccc1C3=O.O=C1c2ccccc2C(=O)c2c1ccc1[nH]c(=S)[nH]c21. The highest BCUT2D eigenvalue weighted by Crippen LogP contribution is 2.36. The van der Waals surface area contributed by atoms with Crippen molar-refractivity contribution in [3.05, 3.63) is 192 Å². The summed E-state index contributed by atoms with van der Waals surface area (Å²) in [5.74, 6) is -0.924. The van der Waals surface area contributed by atoms with Crippen LogP contribution >= 0.6 is 35.6 Å². The fraction of sp³-hybridized carbons (Fsp3) is 0.102. The lowest BCUT2D eigenvalue weighted by Gasteiger charge is -2.17. The zero-order valence-corrected chi connectivity index (χ0v) is 36.6. The van der Waals surface area contributed by atoms with Crippen LogP contribution in [0.15, 0.2) is 114 Å². The summed E-state index contributed by atoms with van der Waals surface area (Å²) < 4.78 is 76.3. The largest absolute Gasteiger partial charge is 0.416 e. The molecule has 3 N–H and O–H groups in total. The monoisotopic (exact) mass is 984 g/mol. The number of aromatic amines is 3. The third-order valence-electron chi connectivity index (χ3n) is 10.9. The standard InChI is InChI=1S/C24H13F3N2O3S.C15H8N2O2S.C9H6ClF3O.CH4/c1-11-6-7-12(24(25,26)27)10-16(11)22(32)33-23-28-17-9-8-15-18(19(17)29-23)21(31)14-5-3-2-4-13(14)20(15)30;18-13-7-3-1-2-4-8(7)14(19)11-9(13)5-6-10-12(11)17-15(20)16-10;1-5-2-3-6(9(11,12)13)4-7(5)8(10)14;/h2-10H,1H3,(H,28,29);1-6H,(H2,16,17,20);2-4H,1H3;1H4. The van der Waals surface area contributed by atoms with Gasteiger partial charge >= 0.3 is 12.4 Å². The van der Waals surface area contributed by atoms with E-state index in [1.165, 1.54) is 25.1 Å². The molecule has 2 heterocycles. The Hall–Kier alpha value is -7.28. The summed E-state index contributed by atoms with van der Waals surface area (Å²) in [5.41, 5.74) is 3.51. The molecule has 0 spiro atoms. The third-order valence-corrected chi connectivity index (χ3v) is 12.1. The van der Waals surface area contributed by atoms with Crippen LogP contribution in [0.1, 0.15) is 114 Å². The van der Waals surface area contributed by atoms with E-state index in [4.69, 9.17) is 23.8 Å². The summed E-state index contributed by atoms with van der Waals surface area (Å²) in [5, 5.41) is -1.40. The molecule has 344 valence electrons. The molecule has 0 bridgehead atoms. The number of fused-ring (bicyclic) bond motifs is 8. The molecule has 0 unspecified atom stereocenters. The lowest BCUT2D eigenvalue weighted by Crippen LogP contribution is -2.21. The van der Waals surface area contributed by atoms with Crippen LogP contribution in [0.25, 0.3) is 22.1 Å². The van der Waals surface area contributed by atoms with E-state index in [-0.39, 0.29) is 69.1 Å². The van der Waals surface area contributed by atoms with Crippen LogP contribution in [0.4, 0.5) is 26.3 Å². The molecular weight excluding hydrogens is 954 g/mol. The molecule has 68 heavy (non-hydrogen) atoms. The summed E-state index contributed by atoms with van der Waals surface area (Å²) in [6.45, 7) is 3.07. The molecule has 0 amide bonds. The Bertz CT molecular complexity index is 3520. The van der Waals surface area contributed by atoms with Gasteiger partial charge in [-0.1, -0.05) is 68.1 Å². The number of carbonyl (C=O) groups excluding carboxylic acids is 6. The van der Waals surface area contributed by atoms with Crippen LogP contribution in [0, 0.1) is 18.6 Å². The number of benzene rings is 6. The number of nitrogens with one attached hydrogen (secondary N) is 3. The number of carbonyl (C=O) groups is 6. The van der Waals surface area contributed by atoms with Crippen molar-refractivity contribution in [3.8, 4) is 0 Å². The number of hydrogen-bond acceptors (Lipinski definition) is 9. The first kappa shape index (κ1) is 48.6. The number of rotatable bonds is 3. The molecule has 2 aliphatic rings. The van der Waals surface area contributed by atoms with Gasteiger partial charge in [0.2, 0.25) is 5.12 Å². The van der Waals surface area contributed by atoms with Gasteiger partial charge in [-0.3, -0.25) is 28.8 Å². The molecule has 0 saturated carbocycles. The summed E-state index contributed by atoms with van der Waals surface area (Å²) in [6, 6.07) is 25.8. The number of aromatic nitrogens is 4. The smallest absolute Gasteiger partial charge is 0.333 e. The molecule has 0 saturated heterocycles. The Kier molecular flexibility index (Phi) is 13.2. The highest BCUT2D eigenvalue weighted by molar-refractivity contribution is 8.14. The number of imidazole rings is 2. The summed E-state index contributed by atoms with van der Waals surface area (Å²) in [7, 11) is 0. The van der Waals surface area contributed by atoms with Gasteiger partial charge < -0.3 is 15.0 Å². The number of thioether (sulfide) groups is 1. The summed E-state index contributed by atoms with van der Waals surface area (Å²) in [6.07, 6.45) is -9.02. The van der Waals surface area contributed by atoms with E-state index >= 15 is 0 Å². The van der Waals surface area contributed by atoms with Crippen LogP contribution < -0.4 is 0 Å². The average Bonchev–Trinajstić information content (AvgIpc) is 3.88. The second kappa shape index (κ2) is 18.4. The summed E-state index contributed by atoms with van der Waals surface area (Å²) in [4.78, 5) is 87.8. The minimum atomic E-state index is -4.57. The van der Waals surface area contributed by atoms with Crippen LogP contribution in [-0.4, -0.2) is 53.4 Å². The highest BCUT2D eigenvalue weighted by Gasteiger charge is 2.35. The van der Waals surface area contributed by atoms with Gasteiger partial charge in [0, 0.05) is 44.5 Å². The van der Waals surface area contributed by atoms with E-state index in [9.17, 15) is 55.1 Å². The van der Waals surface area contributed by atoms with E-state index in [2.05, 4.69) is 19.9 Å². The summed E-state index contributed by atoms with van der Waals surface area (Å²) >= 11 is 10.8. The Labute approximate surface area is 395 Å². The Balaban J connectivity index is 0.000000166. The molecule has 8 aromatic rings. The van der Waals surface area contributed by atoms with Crippen LogP contribution in [-0.2, 0) is 12.4 Å². The van der Waals surface area contributed by atoms with Crippen molar-refractivity contribution in [2.45, 2.75) is 38.8 Å². The maximum atomic E-state index is 13.1. The number of hydrogen-bond donors (Lipinski definition) is 3. The van der Waals surface area contributed by atoms with Crippen LogP contribution in [0.2, 0.25) is 0 Å². The molecule has 10 rings (SSSR count). The van der Waals surface area contributed by atoms with E-state index in [1.54, 1.807) is 73.7 Å².